The van der Waals surface area contributed by atoms with Gasteiger partial charge in [-0.05, 0) is 18.3 Å². The molecule has 15 heavy (non-hydrogen) atoms. The van der Waals surface area contributed by atoms with E-state index in [0.717, 1.165) is 0 Å². The number of halogens is 6. The highest BCUT2D eigenvalue weighted by Crippen LogP contribution is 2.58. The molecule has 0 unspecified atom stereocenters. The summed E-state index contributed by atoms with van der Waals surface area (Å²) in [7, 11) is 0. The van der Waals surface area contributed by atoms with Crippen molar-refractivity contribution in [3.05, 3.63) is 12.2 Å². The molecule has 6 heteroatoms. The molecular formula is C9H8F6. The summed E-state index contributed by atoms with van der Waals surface area (Å²) in [6, 6.07) is 0. The van der Waals surface area contributed by atoms with Crippen LogP contribution in [0.25, 0.3) is 0 Å². The van der Waals surface area contributed by atoms with Gasteiger partial charge in [0.25, 0.3) is 0 Å². The zero-order valence-corrected chi connectivity index (χ0v) is 7.44. The van der Waals surface area contributed by atoms with E-state index in [2.05, 4.69) is 0 Å². The lowest BCUT2D eigenvalue weighted by molar-refractivity contribution is -0.256. The van der Waals surface area contributed by atoms with Gasteiger partial charge in [0.05, 0.1) is 11.8 Å². The van der Waals surface area contributed by atoms with Crippen LogP contribution in [0.2, 0.25) is 0 Å². The van der Waals surface area contributed by atoms with Crippen LogP contribution < -0.4 is 0 Å². The molecule has 2 aliphatic carbocycles. The van der Waals surface area contributed by atoms with Gasteiger partial charge in [-0.3, -0.25) is 0 Å². The first-order valence-corrected chi connectivity index (χ1v) is 4.53. The normalized spacial score (nSPS) is 40.1. The quantitative estimate of drug-likeness (QED) is 0.441. The van der Waals surface area contributed by atoms with Crippen molar-refractivity contribution in [3.8, 4) is 0 Å². The number of hydrogen-bond acceptors (Lipinski definition) is 0. The lowest BCUT2D eigenvalue weighted by atomic mass is 9.82. The summed E-state index contributed by atoms with van der Waals surface area (Å²) in [5.74, 6) is -6.46. The second-order valence-corrected chi connectivity index (χ2v) is 4.08. The molecule has 0 N–H and O–H groups in total. The van der Waals surface area contributed by atoms with E-state index in [0.29, 0.717) is 0 Å². The molecule has 0 nitrogen and oxygen atoms in total. The molecule has 86 valence electrons. The van der Waals surface area contributed by atoms with E-state index in [1.54, 1.807) is 0 Å². The Morgan fingerprint density at radius 1 is 0.733 bits per heavy atom. The summed E-state index contributed by atoms with van der Waals surface area (Å²) >= 11 is 0. The summed E-state index contributed by atoms with van der Waals surface area (Å²) in [5.41, 5.74) is 0. The summed E-state index contributed by atoms with van der Waals surface area (Å²) < 4.78 is 74.8. The Kier molecular flexibility index (Phi) is 2.11. The molecule has 0 aromatic heterocycles. The molecule has 0 amide bonds. The third-order valence-electron chi connectivity index (χ3n) is 3.22. The Balaban J connectivity index is 2.33. The average molecular weight is 230 g/mol. The van der Waals surface area contributed by atoms with Gasteiger partial charge in [-0.2, -0.15) is 26.3 Å². The van der Waals surface area contributed by atoms with E-state index < -0.39 is 36.0 Å². The van der Waals surface area contributed by atoms with Crippen molar-refractivity contribution in [2.45, 2.75) is 18.8 Å². The average Bonchev–Trinajstić information content (AvgIpc) is 2.56. The number of alkyl halides is 6. The maximum Gasteiger partial charge on any atom is 0.393 e. The second-order valence-electron chi connectivity index (χ2n) is 4.08. The summed E-state index contributed by atoms with van der Waals surface area (Å²) in [5, 5.41) is 0. The van der Waals surface area contributed by atoms with Gasteiger partial charge in [0.15, 0.2) is 0 Å². The lowest BCUT2D eigenvalue weighted by Crippen LogP contribution is -2.41. The van der Waals surface area contributed by atoms with Crippen LogP contribution >= 0.6 is 0 Å². The van der Waals surface area contributed by atoms with Gasteiger partial charge in [-0.1, -0.05) is 12.2 Å². The van der Waals surface area contributed by atoms with E-state index in [9.17, 15) is 26.3 Å². The second kappa shape index (κ2) is 2.92. The van der Waals surface area contributed by atoms with Crippen LogP contribution in [-0.2, 0) is 0 Å². The maximum absolute atomic E-state index is 12.5. The van der Waals surface area contributed by atoms with Crippen LogP contribution in [0, 0.1) is 23.7 Å². The van der Waals surface area contributed by atoms with Crippen molar-refractivity contribution in [1.82, 2.24) is 0 Å². The maximum atomic E-state index is 12.5. The number of rotatable bonds is 0. The molecule has 1 fully saturated rings. The molecule has 2 rings (SSSR count). The molecule has 0 aliphatic heterocycles. The Morgan fingerprint density at radius 3 is 1.33 bits per heavy atom. The van der Waals surface area contributed by atoms with E-state index in [-0.39, 0.29) is 6.42 Å². The fourth-order valence-electron chi connectivity index (χ4n) is 2.71. The Labute approximate surface area is 82.0 Å². The summed E-state index contributed by atoms with van der Waals surface area (Å²) in [6.45, 7) is 0. The van der Waals surface area contributed by atoms with Gasteiger partial charge >= 0.3 is 12.4 Å². The molecule has 4 atom stereocenters. The highest BCUT2D eigenvalue weighted by atomic mass is 19.4. The first-order valence-electron chi connectivity index (χ1n) is 4.53. The molecule has 0 spiro atoms. The molecule has 2 aliphatic rings. The summed E-state index contributed by atoms with van der Waals surface area (Å²) in [6.07, 6.45) is -7.00. The number of hydrogen-bond donors (Lipinski definition) is 0. The van der Waals surface area contributed by atoms with E-state index >= 15 is 0 Å². The fraction of sp³-hybridized carbons (Fsp3) is 0.778. The van der Waals surface area contributed by atoms with Crippen molar-refractivity contribution < 1.29 is 26.3 Å². The first kappa shape index (κ1) is 10.8. The molecule has 0 radical (unpaired) electrons. The van der Waals surface area contributed by atoms with E-state index in [1.807, 2.05) is 0 Å². The van der Waals surface area contributed by atoms with Crippen molar-refractivity contribution in [3.63, 3.8) is 0 Å². The first-order chi connectivity index (χ1) is 6.71. The topological polar surface area (TPSA) is 0 Å². The van der Waals surface area contributed by atoms with Crippen molar-refractivity contribution in [2.24, 2.45) is 23.7 Å². The fourth-order valence-corrected chi connectivity index (χ4v) is 2.71. The van der Waals surface area contributed by atoms with Gasteiger partial charge in [-0.15, -0.1) is 0 Å². The molecule has 0 aromatic carbocycles. The standard InChI is InChI=1S/C9H8F6/c10-8(11,12)6-4-1-2-5(3-4)7(6)9(13,14)15/h1-2,4-7H,3H2/t4-,5+,6+,7-. The number of fused-ring (bicyclic) bond motifs is 2. The van der Waals surface area contributed by atoms with Crippen molar-refractivity contribution >= 4 is 0 Å². The molecular weight excluding hydrogens is 222 g/mol. The zero-order chi connectivity index (χ0) is 11.4. The van der Waals surface area contributed by atoms with Crippen LogP contribution in [0.1, 0.15) is 6.42 Å². The molecule has 1 saturated carbocycles. The number of allylic oxidation sites excluding steroid dienone is 2. The molecule has 2 bridgehead atoms. The van der Waals surface area contributed by atoms with E-state index in [4.69, 9.17) is 0 Å². The zero-order valence-electron chi connectivity index (χ0n) is 7.44. The third-order valence-corrected chi connectivity index (χ3v) is 3.22. The van der Waals surface area contributed by atoms with Gasteiger partial charge in [0, 0.05) is 0 Å². The Hall–Kier alpha value is -0.680. The van der Waals surface area contributed by atoms with Gasteiger partial charge in [0.1, 0.15) is 0 Å². The van der Waals surface area contributed by atoms with Crippen LogP contribution in [0.4, 0.5) is 26.3 Å². The minimum absolute atomic E-state index is 0.0195. The Bertz CT molecular complexity index is 258. The van der Waals surface area contributed by atoms with Gasteiger partial charge < -0.3 is 0 Å². The highest BCUT2D eigenvalue weighted by Gasteiger charge is 2.65. The van der Waals surface area contributed by atoms with Crippen LogP contribution in [0.5, 0.6) is 0 Å². The van der Waals surface area contributed by atoms with Crippen LogP contribution in [0.3, 0.4) is 0 Å². The molecule has 0 saturated heterocycles. The van der Waals surface area contributed by atoms with Gasteiger partial charge in [-0.25, -0.2) is 0 Å². The SMILES string of the molecule is FC(F)(F)[C@@H]1[C@H](C(F)(F)F)[C@H]2C=C[C@@H]1C2. The highest BCUT2D eigenvalue weighted by molar-refractivity contribution is 5.16. The van der Waals surface area contributed by atoms with Gasteiger partial charge in [0.2, 0.25) is 0 Å². The monoisotopic (exact) mass is 230 g/mol. The summed E-state index contributed by atoms with van der Waals surface area (Å²) in [4.78, 5) is 0. The van der Waals surface area contributed by atoms with Crippen LogP contribution in [-0.4, -0.2) is 12.4 Å². The van der Waals surface area contributed by atoms with E-state index in [1.165, 1.54) is 12.2 Å². The lowest BCUT2D eigenvalue weighted by Gasteiger charge is -2.31. The smallest absolute Gasteiger partial charge is 0.171 e. The predicted molar refractivity (Wildman–Crippen MR) is 39.8 cm³/mol. The predicted octanol–water partition coefficient (Wildman–Crippen LogP) is 3.55. The minimum atomic E-state index is -4.76. The Morgan fingerprint density at radius 2 is 1.07 bits per heavy atom. The largest absolute Gasteiger partial charge is 0.393 e. The third kappa shape index (κ3) is 1.63. The van der Waals surface area contributed by atoms with Crippen molar-refractivity contribution in [1.29, 1.82) is 0 Å². The van der Waals surface area contributed by atoms with Crippen molar-refractivity contribution in [2.75, 3.05) is 0 Å². The molecule has 0 aromatic rings. The molecule has 0 heterocycles. The van der Waals surface area contributed by atoms with Crippen LogP contribution in [0.15, 0.2) is 12.2 Å². The minimum Gasteiger partial charge on any atom is -0.171 e.